The Kier molecular flexibility index (Phi) is 3.01. The number of aromatic nitrogens is 4. The molecule has 0 saturated carbocycles. The van der Waals surface area contributed by atoms with Crippen LogP contribution in [0.5, 0.6) is 0 Å². The number of imidazole rings is 1. The molecule has 0 amide bonds. The fourth-order valence-corrected chi connectivity index (χ4v) is 2.84. The van der Waals surface area contributed by atoms with Gasteiger partial charge in [0.2, 0.25) is 5.52 Å². The molecule has 0 aliphatic rings. The highest BCUT2D eigenvalue weighted by molar-refractivity contribution is 6.07. The van der Waals surface area contributed by atoms with E-state index >= 15 is 0 Å². The molecule has 4 rings (SSSR count). The normalized spacial score (nSPS) is 11.3. The summed E-state index contributed by atoms with van der Waals surface area (Å²) >= 11 is 0. The van der Waals surface area contributed by atoms with E-state index in [1.807, 2.05) is 24.6 Å². The summed E-state index contributed by atoms with van der Waals surface area (Å²) in [4.78, 5) is 12.4. The van der Waals surface area contributed by atoms with Crippen molar-refractivity contribution in [1.82, 2.24) is 15.0 Å². The van der Waals surface area contributed by atoms with Crippen LogP contribution in [0.4, 0.5) is 11.4 Å². The first-order chi connectivity index (χ1) is 11.1. The van der Waals surface area contributed by atoms with Crippen LogP contribution in [0.3, 0.4) is 0 Å². The maximum atomic E-state index is 4.77. The Bertz CT molecular complexity index is 1030. The SMILES string of the molecule is Cc1cccc(Nc2c3nc(C)[n+](C)cc3cc3[nH]cnc23)c1. The molecule has 0 aliphatic heterocycles. The molecule has 0 bridgehead atoms. The predicted octanol–water partition coefficient (Wildman–Crippen LogP) is 3.30. The zero-order valence-corrected chi connectivity index (χ0v) is 13.4. The highest BCUT2D eigenvalue weighted by atomic mass is 15.0. The van der Waals surface area contributed by atoms with Crippen LogP contribution in [0.2, 0.25) is 0 Å². The lowest BCUT2D eigenvalue weighted by Gasteiger charge is -2.09. The van der Waals surface area contributed by atoms with Crippen LogP contribution in [0.25, 0.3) is 21.9 Å². The zero-order valence-electron chi connectivity index (χ0n) is 13.4. The van der Waals surface area contributed by atoms with E-state index in [1.54, 1.807) is 6.33 Å². The van der Waals surface area contributed by atoms with E-state index in [2.05, 4.69) is 52.7 Å². The minimum Gasteiger partial charge on any atom is -0.350 e. The van der Waals surface area contributed by atoms with Gasteiger partial charge < -0.3 is 10.3 Å². The third-order valence-electron chi connectivity index (χ3n) is 4.12. The van der Waals surface area contributed by atoms with Gasteiger partial charge in [-0.2, -0.15) is 0 Å². The number of aryl methyl sites for hydroxylation is 3. The van der Waals surface area contributed by atoms with Crippen molar-refractivity contribution in [1.29, 1.82) is 0 Å². The lowest BCUT2D eigenvalue weighted by molar-refractivity contribution is -0.679. The lowest BCUT2D eigenvalue weighted by Crippen LogP contribution is -2.32. The van der Waals surface area contributed by atoms with Crippen molar-refractivity contribution >= 4 is 33.3 Å². The number of hydrogen-bond acceptors (Lipinski definition) is 3. The van der Waals surface area contributed by atoms with Crippen LogP contribution in [0.15, 0.2) is 42.9 Å². The van der Waals surface area contributed by atoms with Crippen LogP contribution in [0, 0.1) is 13.8 Å². The molecule has 0 atom stereocenters. The number of benzene rings is 2. The van der Waals surface area contributed by atoms with E-state index in [1.165, 1.54) is 5.56 Å². The molecule has 2 aromatic heterocycles. The third kappa shape index (κ3) is 2.30. The summed E-state index contributed by atoms with van der Waals surface area (Å²) in [6.07, 6.45) is 3.82. The van der Waals surface area contributed by atoms with Crippen LogP contribution >= 0.6 is 0 Å². The van der Waals surface area contributed by atoms with Gasteiger partial charge in [0.05, 0.1) is 24.3 Å². The molecule has 23 heavy (non-hydrogen) atoms. The number of nitrogens with zero attached hydrogens (tertiary/aromatic N) is 3. The Morgan fingerprint density at radius 2 is 2.00 bits per heavy atom. The Labute approximate surface area is 134 Å². The molecule has 2 heterocycles. The first kappa shape index (κ1) is 13.7. The highest BCUT2D eigenvalue weighted by Gasteiger charge is 2.18. The Morgan fingerprint density at radius 1 is 1.13 bits per heavy atom. The molecule has 0 saturated heterocycles. The Balaban J connectivity index is 2.00. The lowest BCUT2D eigenvalue weighted by atomic mass is 10.1. The Morgan fingerprint density at radius 3 is 2.83 bits per heavy atom. The number of rotatable bonds is 2. The van der Waals surface area contributed by atoms with Crippen LogP contribution < -0.4 is 9.88 Å². The molecule has 0 radical (unpaired) electrons. The summed E-state index contributed by atoms with van der Waals surface area (Å²) in [5.74, 6) is 0.958. The molecule has 114 valence electrons. The number of nitrogens with one attached hydrogen (secondary N) is 2. The third-order valence-corrected chi connectivity index (χ3v) is 4.12. The first-order valence-electron chi connectivity index (χ1n) is 7.58. The average molecular weight is 304 g/mol. The van der Waals surface area contributed by atoms with E-state index in [-0.39, 0.29) is 0 Å². The molecule has 2 aromatic carbocycles. The van der Waals surface area contributed by atoms with Crippen LogP contribution in [-0.2, 0) is 7.05 Å². The van der Waals surface area contributed by atoms with E-state index in [9.17, 15) is 0 Å². The standard InChI is InChI=1S/C18H17N5/c1-11-5-4-6-14(7-11)22-18-16-13(9-23(3)12(2)21-16)8-15-17(18)20-10-19-15/h4-10,22H,1-3H3/p+1. The van der Waals surface area contributed by atoms with E-state index < -0.39 is 0 Å². The van der Waals surface area contributed by atoms with E-state index in [4.69, 9.17) is 4.98 Å². The molecule has 4 aromatic rings. The van der Waals surface area contributed by atoms with Gasteiger partial charge in [-0.05, 0) is 35.7 Å². The second-order valence-electron chi connectivity index (χ2n) is 5.88. The molecule has 0 spiro atoms. The van der Waals surface area contributed by atoms with Gasteiger partial charge in [0, 0.05) is 12.6 Å². The minimum atomic E-state index is 0.903. The monoisotopic (exact) mass is 304 g/mol. The van der Waals surface area contributed by atoms with Crippen LogP contribution in [0.1, 0.15) is 11.4 Å². The number of fused-ring (bicyclic) bond motifs is 2. The minimum absolute atomic E-state index is 0.903. The number of H-pyrrole nitrogens is 1. The molecular formula is C18H18N5+. The molecule has 0 aliphatic carbocycles. The molecular weight excluding hydrogens is 286 g/mol. The van der Waals surface area contributed by atoms with Crippen molar-refractivity contribution in [2.45, 2.75) is 13.8 Å². The topological polar surface area (TPSA) is 57.5 Å². The largest absolute Gasteiger partial charge is 0.350 e. The second kappa shape index (κ2) is 5.05. The first-order valence-corrected chi connectivity index (χ1v) is 7.58. The van der Waals surface area contributed by atoms with Gasteiger partial charge in [-0.25, -0.2) is 9.55 Å². The van der Waals surface area contributed by atoms with Crippen molar-refractivity contribution < 1.29 is 4.57 Å². The highest BCUT2D eigenvalue weighted by Crippen LogP contribution is 2.31. The van der Waals surface area contributed by atoms with Gasteiger partial charge in [-0.1, -0.05) is 12.1 Å². The molecule has 0 fully saturated rings. The predicted molar refractivity (Wildman–Crippen MR) is 91.8 cm³/mol. The van der Waals surface area contributed by atoms with Gasteiger partial charge in [-0.15, -0.1) is 0 Å². The van der Waals surface area contributed by atoms with Gasteiger partial charge in [0.15, 0.2) is 0 Å². The van der Waals surface area contributed by atoms with E-state index in [0.717, 1.165) is 39.1 Å². The summed E-state index contributed by atoms with van der Waals surface area (Å²) in [5.41, 5.74) is 6.02. The summed E-state index contributed by atoms with van der Waals surface area (Å²) < 4.78 is 2.03. The van der Waals surface area contributed by atoms with Gasteiger partial charge in [-0.3, -0.25) is 0 Å². The number of anilines is 2. The molecule has 0 unspecified atom stereocenters. The van der Waals surface area contributed by atoms with Crippen molar-refractivity contribution in [3.05, 3.63) is 54.2 Å². The van der Waals surface area contributed by atoms with Gasteiger partial charge in [0.25, 0.3) is 5.82 Å². The van der Waals surface area contributed by atoms with Crippen molar-refractivity contribution in [2.24, 2.45) is 7.05 Å². The van der Waals surface area contributed by atoms with Crippen LogP contribution in [-0.4, -0.2) is 15.0 Å². The summed E-state index contributed by atoms with van der Waals surface area (Å²) in [5, 5.41) is 4.58. The zero-order chi connectivity index (χ0) is 16.0. The van der Waals surface area contributed by atoms with Crippen molar-refractivity contribution in [3.8, 4) is 0 Å². The second-order valence-corrected chi connectivity index (χ2v) is 5.88. The maximum Gasteiger partial charge on any atom is 0.295 e. The molecule has 2 N–H and O–H groups in total. The van der Waals surface area contributed by atoms with Crippen molar-refractivity contribution in [2.75, 3.05) is 5.32 Å². The smallest absolute Gasteiger partial charge is 0.295 e. The number of aromatic amines is 1. The maximum absolute atomic E-state index is 4.77. The summed E-state index contributed by atoms with van der Waals surface area (Å²) in [7, 11) is 2.01. The van der Waals surface area contributed by atoms with Gasteiger partial charge >= 0.3 is 0 Å². The Hall–Kier alpha value is -2.95. The summed E-state index contributed by atoms with van der Waals surface area (Å²) in [6.45, 7) is 4.09. The number of hydrogen-bond donors (Lipinski definition) is 2. The molecule has 5 nitrogen and oxygen atoms in total. The van der Waals surface area contributed by atoms with Crippen molar-refractivity contribution in [3.63, 3.8) is 0 Å². The average Bonchev–Trinajstić information content (AvgIpc) is 2.97. The quantitative estimate of drug-likeness (QED) is 0.559. The summed E-state index contributed by atoms with van der Waals surface area (Å²) in [6, 6.07) is 10.4. The molecule has 5 heteroatoms. The fraction of sp³-hybridized carbons (Fsp3) is 0.167. The fourth-order valence-electron chi connectivity index (χ4n) is 2.84. The van der Waals surface area contributed by atoms with E-state index in [0.29, 0.717) is 0 Å². The van der Waals surface area contributed by atoms with Gasteiger partial charge in [0.1, 0.15) is 17.4 Å².